The van der Waals surface area contributed by atoms with Gasteiger partial charge in [0.1, 0.15) is 5.25 Å². The van der Waals surface area contributed by atoms with Crippen molar-refractivity contribution in [1.29, 1.82) is 0 Å². The maximum Gasteiger partial charge on any atom is 0.242 e. The summed E-state index contributed by atoms with van der Waals surface area (Å²) in [7, 11) is 0. The van der Waals surface area contributed by atoms with Crippen LogP contribution in [0.4, 0.5) is 17.1 Å². The van der Waals surface area contributed by atoms with Gasteiger partial charge in [-0.3, -0.25) is 4.79 Å². The van der Waals surface area contributed by atoms with Gasteiger partial charge in [0, 0.05) is 22.0 Å². The van der Waals surface area contributed by atoms with Crippen molar-refractivity contribution in [1.82, 2.24) is 0 Å². The fourth-order valence-electron chi connectivity index (χ4n) is 3.77. The highest BCUT2D eigenvalue weighted by molar-refractivity contribution is 8.00. The number of carbonyl (C=O) groups is 1. The van der Waals surface area contributed by atoms with E-state index < -0.39 is 5.25 Å². The predicted molar refractivity (Wildman–Crippen MR) is 157 cm³/mol. The first kappa shape index (κ1) is 25.5. The molecule has 4 nitrogen and oxygen atoms in total. The Morgan fingerprint density at radius 1 is 0.722 bits per heavy atom. The van der Waals surface area contributed by atoms with Crippen LogP contribution < -0.4 is 16.0 Å². The van der Waals surface area contributed by atoms with Crippen molar-refractivity contribution < 1.29 is 4.79 Å². The topological polar surface area (TPSA) is 53.2 Å². The summed E-state index contributed by atoms with van der Waals surface area (Å²) in [6.45, 7) is 6.11. The molecule has 4 aromatic carbocycles. The number of carbonyl (C=O) groups excluding carboxylic acids is 1. The van der Waals surface area contributed by atoms with E-state index in [0.29, 0.717) is 5.11 Å². The summed E-state index contributed by atoms with van der Waals surface area (Å²) in [4.78, 5) is 14.4. The van der Waals surface area contributed by atoms with Crippen molar-refractivity contribution in [3.8, 4) is 0 Å². The number of aryl methyl sites for hydroxylation is 3. The van der Waals surface area contributed by atoms with Crippen molar-refractivity contribution >= 4 is 52.1 Å². The molecule has 0 aliphatic carbocycles. The van der Waals surface area contributed by atoms with E-state index in [1.54, 1.807) is 0 Å². The number of benzene rings is 4. The van der Waals surface area contributed by atoms with Gasteiger partial charge in [-0.15, -0.1) is 11.8 Å². The van der Waals surface area contributed by atoms with E-state index in [2.05, 4.69) is 28.9 Å². The zero-order chi connectivity index (χ0) is 25.5. The highest BCUT2D eigenvalue weighted by Crippen LogP contribution is 2.37. The summed E-state index contributed by atoms with van der Waals surface area (Å²) in [5.41, 5.74) is 6.95. The summed E-state index contributed by atoms with van der Waals surface area (Å²) < 4.78 is 0. The fraction of sp³-hybridized carbons (Fsp3) is 0.133. The minimum Gasteiger partial charge on any atom is -0.332 e. The Morgan fingerprint density at radius 2 is 1.42 bits per heavy atom. The van der Waals surface area contributed by atoms with Crippen LogP contribution >= 0.6 is 24.0 Å². The van der Waals surface area contributed by atoms with Gasteiger partial charge in [0.25, 0.3) is 0 Å². The Hall–Kier alpha value is -3.61. The second-order valence-corrected chi connectivity index (χ2v) is 10.3. The van der Waals surface area contributed by atoms with Crippen LogP contribution in [0, 0.1) is 20.8 Å². The smallest absolute Gasteiger partial charge is 0.242 e. The number of amides is 1. The summed E-state index contributed by atoms with van der Waals surface area (Å²) in [5, 5.41) is 9.67. The summed E-state index contributed by atoms with van der Waals surface area (Å²) in [5.74, 6) is -0.0620. The molecule has 4 aromatic rings. The Balaban J connectivity index is 1.50. The van der Waals surface area contributed by atoms with Crippen LogP contribution in [0.5, 0.6) is 0 Å². The number of nitrogens with one attached hydrogen (secondary N) is 3. The Labute approximate surface area is 222 Å². The van der Waals surface area contributed by atoms with E-state index >= 15 is 0 Å². The Bertz CT molecular complexity index is 1350. The molecule has 0 saturated carbocycles. The van der Waals surface area contributed by atoms with Crippen molar-refractivity contribution in [3.05, 3.63) is 119 Å². The number of hydrogen-bond donors (Lipinski definition) is 3. The molecule has 1 amide bonds. The molecule has 0 spiro atoms. The van der Waals surface area contributed by atoms with Crippen molar-refractivity contribution in [3.63, 3.8) is 0 Å². The summed E-state index contributed by atoms with van der Waals surface area (Å²) in [6, 6.07) is 31.9. The minimum absolute atomic E-state index is 0.0620. The lowest BCUT2D eigenvalue weighted by atomic mass is 10.1. The molecule has 3 N–H and O–H groups in total. The quantitative estimate of drug-likeness (QED) is 0.174. The van der Waals surface area contributed by atoms with Gasteiger partial charge in [0.05, 0.1) is 0 Å². The number of anilines is 3. The van der Waals surface area contributed by atoms with Crippen LogP contribution in [0.25, 0.3) is 0 Å². The van der Waals surface area contributed by atoms with Gasteiger partial charge in [0.2, 0.25) is 5.91 Å². The van der Waals surface area contributed by atoms with Crippen LogP contribution in [0.3, 0.4) is 0 Å². The molecule has 0 aliphatic rings. The zero-order valence-electron chi connectivity index (χ0n) is 20.5. The highest BCUT2D eigenvalue weighted by Gasteiger charge is 2.23. The molecule has 0 radical (unpaired) electrons. The number of rotatable bonds is 7. The van der Waals surface area contributed by atoms with Gasteiger partial charge in [-0.1, -0.05) is 71.8 Å². The molecule has 0 aromatic heterocycles. The zero-order valence-corrected chi connectivity index (χ0v) is 22.2. The van der Waals surface area contributed by atoms with Crippen molar-refractivity contribution in [2.75, 3.05) is 16.0 Å². The van der Waals surface area contributed by atoms with Gasteiger partial charge in [0.15, 0.2) is 5.11 Å². The molecular formula is C30H29N3OS2. The van der Waals surface area contributed by atoms with Gasteiger partial charge < -0.3 is 16.0 Å². The van der Waals surface area contributed by atoms with Crippen LogP contribution in [0.15, 0.2) is 102 Å². The molecule has 0 heterocycles. The lowest BCUT2D eigenvalue weighted by molar-refractivity contribution is -0.115. The third kappa shape index (κ3) is 6.97. The minimum atomic E-state index is -0.417. The van der Waals surface area contributed by atoms with Crippen molar-refractivity contribution in [2.24, 2.45) is 0 Å². The van der Waals surface area contributed by atoms with E-state index in [0.717, 1.165) is 33.1 Å². The van der Waals surface area contributed by atoms with Crippen molar-refractivity contribution in [2.45, 2.75) is 30.9 Å². The molecular weight excluding hydrogens is 482 g/mol. The predicted octanol–water partition coefficient (Wildman–Crippen LogP) is 7.89. The van der Waals surface area contributed by atoms with Gasteiger partial charge in [-0.25, -0.2) is 0 Å². The second kappa shape index (κ2) is 11.9. The van der Waals surface area contributed by atoms with E-state index in [1.165, 1.54) is 22.9 Å². The molecule has 36 heavy (non-hydrogen) atoms. The van der Waals surface area contributed by atoms with E-state index in [1.807, 2.05) is 105 Å². The van der Waals surface area contributed by atoms with Crippen LogP contribution in [0.2, 0.25) is 0 Å². The van der Waals surface area contributed by atoms with Gasteiger partial charge in [-0.05, 0) is 80.5 Å². The van der Waals surface area contributed by atoms with Crippen LogP contribution in [-0.4, -0.2) is 11.0 Å². The number of thioether (sulfide) groups is 1. The second-order valence-electron chi connectivity index (χ2n) is 8.69. The number of thiocarbonyl (C=S) groups is 1. The third-order valence-electron chi connectivity index (χ3n) is 5.64. The monoisotopic (exact) mass is 511 g/mol. The van der Waals surface area contributed by atoms with E-state index in [-0.39, 0.29) is 5.91 Å². The lowest BCUT2D eigenvalue weighted by Crippen LogP contribution is -2.20. The normalized spacial score (nSPS) is 11.4. The molecule has 182 valence electrons. The standard InChI is InChI=1S/C30H29N3OS2/c1-20-12-15-24(16-13-20)31-30(35)32-25-10-7-11-26(19-25)36-28(23-8-5-4-6-9-23)29(34)33-27-17-14-21(2)18-22(27)3/h4-19,28H,1-3H3,(H,33,34)(H2,31,32,35). The Kier molecular flexibility index (Phi) is 8.41. The summed E-state index contributed by atoms with van der Waals surface area (Å²) >= 11 is 7.01. The molecule has 1 unspecified atom stereocenters. The largest absolute Gasteiger partial charge is 0.332 e. The first-order valence-corrected chi connectivity index (χ1v) is 13.0. The molecule has 0 bridgehead atoms. The van der Waals surface area contributed by atoms with E-state index in [9.17, 15) is 4.79 Å². The maximum absolute atomic E-state index is 13.5. The molecule has 0 aliphatic heterocycles. The van der Waals surface area contributed by atoms with Crippen LogP contribution in [-0.2, 0) is 4.79 Å². The SMILES string of the molecule is Cc1ccc(NC(=S)Nc2cccc(SC(C(=O)Nc3ccc(C)cc3C)c3ccccc3)c2)cc1. The molecule has 0 saturated heterocycles. The third-order valence-corrected chi connectivity index (χ3v) is 7.09. The fourth-order valence-corrected chi connectivity index (χ4v) is 5.09. The van der Waals surface area contributed by atoms with E-state index in [4.69, 9.17) is 12.2 Å². The maximum atomic E-state index is 13.5. The average Bonchev–Trinajstić information content (AvgIpc) is 2.86. The first-order chi connectivity index (χ1) is 17.4. The summed E-state index contributed by atoms with van der Waals surface area (Å²) in [6.07, 6.45) is 0. The lowest BCUT2D eigenvalue weighted by Gasteiger charge is -2.19. The average molecular weight is 512 g/mol. The van der Waals surface area contributed by atoms with Crippen LogP contribution in [0.1, 0.15) is 27.5 Å². The van der Waals surface area contributed by atoms with Gasteiger partial charge >= 0.3 is 0 Å². The number of hydrogen-bond acceptors (Lipinski definition) is 3. The van der Waals surface area contributed by atoms with Gasteiger partial charge in [-0.2, -0.15) is 0 Å². The Morgan fingerprint density at radius 3 is 2.14 bits per heavy atom. The molecule has 0 fully saturated rings. The first-order valence-electron chi connectivity index (χ1n) is 11.7. The molecule has 1 atom stereocenters. The highest BCUT2D eigenvalue weighted by atomic mass is 32.2. The molecule has 6 heteroatoms. The molecule has 4 rings (SSSR count).